The van der Waals surface area contributed by atoms with Crippen molar-refractivity contribution in [2.75, 3.05) is 19.3 Å². The van der Waals surface area contributed by atoms with E-state index in [1.54, 1.807) is 0 Å². The number of rotatable bonds is 4. The molecular weight excluding hydrogens is 244 g/mol. The van der Waals surface area contributed by atoms with E-state index in [-0.39, 0.29) is 11.9 Å². The standard InChI is InChI=1S/C14H26N2OS/c1-18-14(8-4-2-5-9-14)11-16-13(17)12-7-3-6-10-15-12/h12,15H,2-11H2,1H3,(H,16,17). The molecule has 3 nitrogen and oxygen atoms in total. The van der Waals surface area contributed by atoms with E-state index in [2.05, 4.69) is 16.9 Å². The number of nitrogens with one attached hydrogen (secondary N) is 2. The first-order chi connectivity index (χ1) is 8.76. The monoisotopic (exact) mass is 270 g/mol. The molecule has 1 aliphatic heterocycles. The molecule has 1 saturated heterocycles. The quantitative estimate of drug-likeness (QED) is 0.823. The Morgan fingerprint density at radius 3 is 2.67 bits per heavy atom. The van der Waals surface area contributed by atoms with Crippen LogP contribution in [-0.2, 0) is 4.79 Å². The fourth-order valence-electron chi connectivity index (χ4n) is 3.10. The van der Waals surface area contributed by atoms with Gasteiger partial charge < -0.3 is 10.6 Å². The Bertz CT molecular complexity index is 271. The average molecular weight is 270 g/mol. The molecule has 1 unspecified atom stereocenters. The molecule has 0 spiro atoms. The Kier molecular flexibility index (Phi) is 5.37. The lowest BCUT2D eigenvalue weighted by atomic mass is 9.88. The van der Waals surface area contributed by atoms with Gasteiger partial charge in [-0.05, 0) is 38.5 Å². The van der Waals surface area contributed by atoms with Crippen LogP contribution in [0.4, 0.5) is 0 Å². The van der Waals surface area contributed by atoms with Gasteiger partial charge in [0.1, 0.15) is 0 Å². The van der Waals surface area contributed by atoms with Crippen LogP contribution in [0.1, 0.15) is 51.4 Å². The van der Waals surface area contributed by atoms with E-state index < -0.39 is 0 Å². The molecule has 1 amide bonds. The van der Waals surface area contributed by atoms with Crippen molar-refractivity contribution in [2.24, 2.45) is 0 Å². The second kappa shape index (κ2) is 6.80. The zero-order chi connectivity index (χ0) is 12.8. The summed E-state index contributed by atoms with van der Waals surface area (Å²) in [7, 11) is 0. The number of carbonyl (C=O) groups excluding carboxylic acids is 1. The fraction of sp³-hybridized carbons (Fsp3) is 0.929. The van der Waals surface area contributed by atoms with Crippen molar-refractivity contribution >= 4 is 17.7 Å². The van der Waals surface area contributed by atoms with E-state index in [4.69, 9.17) is 0 Å². The Hall–Kier alpha value is -0.220. The third-order valence-corrected chi connectivity index (χ3v) is 5.83. The molecule has 104 valence electrons. The van der Waals surface area contributed by atoms with E-state index in [1.807, 2.05) is 11.8 Å². The van der Waals surface area contributed by atoms with Crippen molar-refractivity contribution in [1.29, 1.82) is 0 Å². The molecule has 1 aliphatic carbocycles. The molecular formula is C14H26N2OS. The Morgan fingerprint density at radius 2 is 2.06 bits per heavy atom. The SMILES string of the molecule is CSC1(CNC(=O)C2CCCCN2)CCCCC1. The number of hydrogen-bond acceptors (Lipinski definition) is 3. The number of amides is 1. The molecule has 2 fully saturated rings. The van der Waals surface area contributed by atoms with Crippen molar-refractivity contribution < 1.29 is 4.79 Å². The zero-order valence-corrected chi connectivity index (χ0v) is 12.3. The largest absolute Gasteiger partial charge is 0.353 e. The summed E-state index contributed by atoms with van der Waals surface area (Å²) in [4.78, 5) is 12.1. The maximum absolute atomic E-state index is 12.1. The van der Waals surface area contributed by atoms with Gasteiger partial charge in [0.05, 0.1) is 6.04 Å². The van der Waals surface area contributed by atoms with Gasteiger partial charge in [-0.2, -0.15) is 11.8 Å². The van der Waals surface area contributed by atoms with Gasteiger partial charge in [-0.3, -0.25) is 4.79 Å². The van der Waals surface area contributed by atoms with Crippen LogP contribution in [0.2, 0.25) is 0 Å². The third-order valence-electron chi connectivity index (χ3n) is 4.41. The van der Waals surface area contributed by atoms with Crippen LogP contribution < -0.4 is 10.6 Å². The van der Waals surface area contributed by atoms with Gasteiger partial charge in [0.2, 0.25) is 5.91 Å². The molecule has 2 rings (SSSR count). The van der Waals surface area contributed by atoms with Crippen molar-refractivity contribution in [2.45, 2.75) is 62.2 Å². The van der Waals surface area contributed by atoms with Gasteiger partial charge in [0, 0.05) is 11.3 Å². The second-order valence-corrected chi connectivity index (χ2v) is 6.94. The summed E-state index contributed by atoms with van der Waals surface area (Å²) in [6, 6.07) is 0.0567. The van der Waals surface area contributed by atoms with E-state index in [0.717, 1.165) is 19.5 Å². The molecule has 1 atom stereocenters. The lowest BCUT2D eigenvalue weighted by Crippen LogP contribution is -2.50. The summed E-state index contributed by atoms with van der Waals surface area (Å²) in [5.74, 6) is 0.216. The van der Waals surface area contributed by atoms with Gasteiger partial charge >= 0.3 is 0 Å². The average Bonchev–Trinajstić information content (AvgIpc) is 2.47. The van der Waals surface area contributed by atoms with Crippen LogP contribution in [0.5, 0.6) is 0 Å². The first kappa shape index (κ1) is 14.2. The maximum atomic E-state index is 12.1. The third kappa shape index (κ3) is 3.64. The Labute approximate surface area is 115 Å². The summed E-state index contributed by atoms with van der Waals surface area (Å²) in [6.45, 7) is 1.84. The van der Waals surface area contributed by atoms with Crippen molar-refractivity contribution in [1.82, 2.24) is 10.6 Å². The van der Waals surface area contributed by atoms with Gasteiger partial charge in [0.25, 0.3) is 0 Å². The van der Waals surface area contributed by atoms with E-state index in [9.17, 15) is 4.79 Å². The first-order valence-corrected chi connectivity index (χ1v) is 8.54. The molecule has 0 bridgehead atoms. The molecule has 0 aromatic carbocycles. The van der Waals surface area contributed by atoms with Crippen molar-refractivity contribution in [3.8, 4) is 0 Å². The summed E-state index contributed by atoms with van der Waals surface area (Å²) in [5, 5.41) is 6.51. The van der Waals surface area contributed by atoms with Crippen LogP contribution >= 0.6 is 11.8 Å². The molecule has 1 saturated carbocycles. The molecule has 2 aliphatic rings. The number of thioether (sulfide) groups is 1. The summed E-state index contributed by atoms with van der Waals surface area (Å²) >= 11 is 1.95. The van der Waals surface area contributed by atoms with Gasteiger partial charge in [0.15, 0.2) is 0 Å². The van der Waals surface area contributed by atoms with Crippen LogP contribution in [0.3, 0.4) is 0 Å². The lowest BCUT2D eigenvalue weighted by molar-refractivity contribution is -0.123. The predicted octanol–water partition coefficient (Wildman–Crippen LogP) is 2.31. The zero-order valence-electron chi connectivity index (χ0n) is 11.5. The van der Waals surface area contributed by atoms with Crippen LogP contribution in [0.15, 0.2) is 0 Å². The molecule has 0 aromatic heterocycles. The fourth-order valence-corrected chi connectivity index (χ4v) is 4.01. The van der Waals surface area contributed by atoms with Crippen LogP contribution in [0, 0.1) is 0 Å². The number of hydrogen-bond donors (Lipinski definition) is 2. The molecule has 1 heterocycles. The summed E-state index contributed by atoms with van der Waals surface area (Å²) < 4.78 is 0.308. The Balaban J connectivity index is 1.79. The summed E-state index contributed by atoms with van der Waals surface area (Å²) in [5.41, 5.74) is 0. The van der Waals surface area contributed by atoms with Gasteiger partial charge in [-0.25, -0.2) is 0 Å². The minimum Gasteiger partial charge on any atom is -0.353 e. The molecule has 18 heavy (non-hydrogen) atoms. The lowest BCUT2D eigenvalue weighted by Gasteiger charge is -2.36. The van der Waals surface area contributed by atoms with Crippen LogP contribution in [0.25, 0.3) is 0 Å². The first-order valence-electron chi connectivity index (χ1n) is 7.32. The van der Waals surface area contributed by atoms with Gasteiger partial charge in [-0.15, -0.1) is 0 Å². The maximum Gasteiger partial charge on any atom is 0.237 e. The normalized spacial score (nSPS) is 27.7. The molecule has 0 radical (unpaired) electrons. The highest BCUT2D eigenvalue weighted by Crippen LogP contribution is 2.37. The Morgan fingerprint density at radius 1 is 1.28 bits per heavy atom. The van der Waals surface area contributed by atoms with E-state index >= 15 is 0 Å². The minimum absolute atomic E-state index is 0.0567. The topological polar surface area (TPSA) is 41.1 Å². The van der Waals surface area contributed by atoms with E-state index in [1.165, 1.54) is 44.9 Å². The highest BCUT2D eigenvalue weighted by molar-refractivity contribution is 8.00. The molecule has 2 N–H and O–H groups in total. The van der Waals surface area contributed by atoms with Crippen LogP contribution in [-0.4, -0.2) is 36.0 Å². The smallest absolute Gasteiger partial charge is 0.237 e. The van der Waals surface area contributed by atoms with Crippen molar-refractivity contribution in [3.63, 3.8) is 0 Å². The summed E-state index contributed by atoms with van der Waals surface area (Å²) in [6.07, 6.45) is 12.1. The van der Waals surface area contributed by atoms with E-state index in [0.29, 0.717) is 4.75 Å². The van der Waals surface area contributed by atoms with Gasteiger partial charge in [-0.1, -0.05) is 25.7 Å². The predicted molar refractivity (Wildman–Crippen MR) is 78.0 cm³/mol. The number of piperidine rings is 1. The minimum atomic E-state index is 0.0567. The molecule has 0 aromatic rings. The molecule has 4 heteroatoms. The highest BCUT2D eigenvalue weighted by atomic mass is 32.2. The highest BCUT2D eigenvalue weighted by Gasteiger charge is 2.32. The van der Waals surface area contributed by atoms with Crippen molar-refractivity contribution in [3.05, 3.63) is 0 Å². The number of carbonyl (C=O) groups is 1. The second-order valence-electron chi connectivity index (χ2n) is 5.67.